The number of hydrogen-bond acceptors (Lipinski definition) is 1. The van der Waals surface area contributed by atoms with Gasteiger partial charge in [-0.2, -0.15) is 0 Å². The molecule has 0 bridgehead atoms. The highest BCUT2D eigenvalue weighted by Gasteiger charge is 2.17. The van der Waals surface area contributed by atoms with E-state index in [0.717, 1.165) is 5.75 Å². The van der Waals surface area contributed by atoms with Gasteiger partial charge in [-0.1, -0.05) is 74.6 Å². The van der Waals surface area contributed by atoms with Crippen LogP contribution in [0.25, 0.3) is 21.9 Å². The van der Waals surface area contributed by atoms with Gasteiger partial charge in [-0.15, -0.1) is 0 Å². The maximum absolute atomic E-state index is 5.77. The molecular weight excluding hydrogens is 328 g/mol. The van der Waals surface area contributed by atoms with Gasteiger partial charge in [0.1, 0.15) is 5.75 Å². The Morgan fingerprint density at radius 1 is 0.741 bits per heavy atom. The SMILES string of the molecule is COc1ccc(C2CCCCCCC2)cc1-c1cccc2c(C)cccc12. The zero-order valence-electron chi connectivity index (χ0n) is 16.6. The summed E-state index contributed by atoms with van der Waals surface area (Å²) in [5, 5.41) is 2.64. The summed E-state index contributed by atoms with van der Waals surface area (Å²) in [4.78, 5) is 0. The van der Waals surface area contributed by atoms with Crippen molar-refractivity contribution in [3.8, 4) is 16.9 Å². The molecule has 0 aliphatic heterocycles. The summed E-state index contributed by atoms with van der Waals surface area (Å²) < 4.78 is 5.77. The molecule has 0 aromatic heterocycles. The van der Waals surface area contributed by atoms with Gasteiger partial charge in [-0.25, -0.2) is 0 Å². The molecule has 1 saturated carbocycles. The van der Waals surface area contributed by atoms with Gasteiger partial charge in [0, 0.05) is 5.56 Å². The summed E-state index contributed by atoms with van der Waals surface area (Å²) in [6.45, 7) is 2.19. The molecule has 1 aliphatic rings. The highest BCUT2D eigenvalue weighted by atomic mass is 16.5. The predicted octanol–water partition coefficient (Wildman–Crippen LogP) is 7.65. The van der Waals surface area contributed by atoms with E-state index in [1.54, 1.807) is 7.11 Å². The fourth-order valence-corrected chi connectivity index (χ4v) is 4.68. The van der Waals surface area contributed by atoms with Crippen LogP contribution in [0.5, 0.6) is 5.75 Å². The summed E-state index contributed by atoms with van der Waals surface area (Å²) in [5.41, 5.74) is 5.32. The van der Waals surface area contributed by atoms with Crippen LogP contribution in [-0.4, -0.2) is 7.11 Å². The lowest BCUT2D eigenvalue weighted by Crippen LogP contribution is -2.03. The van der Waals surface area contributed by atoms with Crippen molar-refractivity contribution in [2.24, 2.45) is 0 Å². The van der Waals surface area contributed by atoms with E-state index in [9.17, 15) is 0 Å². The Labute approximate surface area is 163 Å². The maximum Gasteiger partial charge on any atom is 0.126 e. The Kier molecular flexibility index (Phi) is 5.48. The highest BCUT2D eigenvalue weighted by molar-refractivity contribution is 5.99. The quantitative estimate of drug-likeness (QED) is 0.467. The molecule has 3 aromatic carbocycles. The first kappa shape index (κ1) is 18.1. The van der Waals surface area contributed by atoms with Gasteiger partial charge in [-0.3, -0.25) is 0 Å². The number of rotatable bonds is 3. The Balaban J connectivity index is 1.81. The summed E-state index contributed by atoms with van der Waals surface area (Å²) in [7, 11) is 1.78. The van der Waals surface area contributed by atoms with Crippen molar-refractivity contribution in [1.82, 2.24) is 0 Å². The van der Waals surface area contributed by atoms with Gasteiger partial charge in [0.15, 0.2) is 0 Å². The van der Waals surface area contributed by atoms with E-state index in [1.807, 2.05) is 0 Å². The van der Waals surface area contributed by atoms with Crippen molar-refractivity contribution in [3.63, 3.8) is 0 Å². The minimum absolute atomic E-state index is 0.687. The smallest absolute Gasteiger partial charge is 0.126 e. The Morgan fingerprint density at radius 3 is 2.22 bits per heavy atom. The molecule has 1 nitrogen and oxygen atoms in total. The molecule has 0 atom stereocenters. The van der Waals surface area contributed by atoms with Gasteiger partial charge in [0.25, 0.3) is 0 Å². The van der Waals surface area contributed by atoms with Gasteiger partial charge < -0.3 is 4.74 Å². The Morgan fingerprint density at radius 2 is 1.44 bits per heavy atom. The Bertz CT molecular complexity index is 917. The van der Waals surface area contributed by atoms with E-state index in [0.29, 0.717) is 5.92 Å². The largest absolute Gasteiger partial charge is 0.496 e. The first-order valence-corrected chi connectivity index (χ1v) is 10.4. The van der Waals surface area contributed by atoms with Gasteiger partial charge in [-0.05, 0) is 65.3 Å². The van der Waals surface area contributed by atoms with Crippen molar-refractivity contribution < 1.29 is 4.74 Å². The highest BCUT2D eigenvalue weighted by Crippen LogP contribution is 2.39. The summed E-state index contributed by atoms with van der Waals surface area (Å²) in [6.07, 6.45) is 9.56. The van der Waals surface area contributed by atoms with Crippen molar-refractivity contribution in [1.29, 1.82) is 0 Å². The molecule has 140 valence electrons. The van der Waals surface area contributed by atoms with Crippen LogP contribution in [0.3, 0.4) is 0 Å². The monoisotopic (exact) mass is 358 g/mol. The van der Waals surface area contributed by atoms with Crippen LogP contribution in [0.2, 0.25) is 0 Å². The molecule has 0 radical (unpaired) electrons. The van der Waals surface area contributed by atoms with E-state index < -0.39 is 0 Å². The standard InChI is InChI=1S/C26H30O/c1-19-10-8-14-23-22(19)13-9-15-24(23)25-18-21(16-17-26(25)27-2)20-11-6-4-3-5-7-12-20/h8-10,13-18,20H,3-7,11-12H2,1-2H3. The summed E-state index contributed by atoms with van der Waals surface area (Å²) in [5.74, 6) is 1.66. The van der Waals surface area contributed by atoms with Crippen molar-refractivity contribution in [2.75, 3.05) is 7.11 Å². The number of hydrogen-bond donors (Lipinski definition) is 0. The third-order valence-electron chi connectivity index (χ3n) is 6.23. The number of aryl methyl sites for hydroxylation is 1. The zero-order valence-corrected chi connectivity index (χ0v) is 16.6. The molecule has 0 spiro atoms. The van der Waals surface area contributed by atoms with E-state index in [2.05, 4.69) is 61.5 Å². The fraction of sp³-hybridized carbons (Fsp3) is 0.385. The number of ether oxygens (including phenoxy) is 1. The summed E-state index contributed by atoms with van der Waals surface area (Å²) >= 11 is 0. The first-order chi connectivity index (χ1) is 13.3. The number of methoxy groups -OCH3 is 1. The lowest BCUT2D eigenvalue weighted by Gasteiger charge is -2.22. The van der Waals surface area contributed by atoms with Crippen molar-refractivity contribution in [2.45, 2.75) is 57.8 Å². The van der Waals surface area contributed by atoms with Crippen molar-refractivity contribution in [3.05, 3.63) is 65.7 Å². The lowest BCUT2D eigenvalue weighted by atomic mass is 9.84. The Hall–Kier alpha value is -2.28. The van der Waals surface area contributed by atoms with Crippen LogP contribution in [0.4, 0.5) is 0 Å². The minimum atomic E-state index is 0.687. The molecule has 0 saturated heterocycles. The van der Waals surface area contributed by atoms with Crippen LogP contribution >= 0.6 is 0 Å². The second-order valence-electron chi connectivity index (χ2n) is 7.98. The van der Waals surface area contributed by atoms with Crippen LogP contribution in [-0.2, 0) is 0 Å². The third kappa shape index (κ3) is 3.74. The number of benzene rings is 3. The molecule has 3 aromatic rings. The van der Waals surface area contributed by atoms with E-state index >= 15 is 0 Å². The van der Waals surface area contributed by atoms with E-state index in [4.69, 9.17) is 4.74 Å². The second-order valence-corrected chi connectivity index (χ2v) is 7.98. The van der Waals surface area contributed by atoms with E-state index in [1.165, 1.54) is 78.0 Å². The molecule has 27 heavy (non-hydrogen) atoms. The molecule has 1 aliphatic carbocycles. The molecule has 0 N–H and O–H groups in total. The fourth-order valence-electron chi connectivity index (χ4n) is 4.68. The van der Waals surface area contributed by atoms with Crippen LogP contribution in [0, 0.1) is 6.92 Å². The van der Waals surface area contributed by atoms with Gasteiger partial charge >= 0.3 is 0 Å². The average Bonchev–Trinajstić information content (AvgIpc) is 2.67. The van der Waals surface area contributed by atoms with Crippen molar-refractivity contribution >= 4 is 10.8 Å². The maximum atomic E-state index is 5.77. The minimum Gasteiger partial charge on any atom is -0.496 e. The molecule has 1 heteroatoms. The third-order valence-corrected chi connectivity index (χ3v) is 6.23. The zero-order chi connectivity index (χ0) is 18.6. The summed E-state index contributed by atoms with van der Waals surface area (Å²) in [6, 6.07) is 20.1. The molecule has 1 fully saturated rings. The molecule has 0 unspecified atom stereocenters. The predicted molar refractivity (Wildman–Crippen MR) is 116 cm³/mol. The first-order valence-electron chi connectivity index (χ1n) is 10.4. The molecule has 0 heterocycles. The molecule has 0 amide bonds. The number of fused-ring (bicyclic) bond motifs is 1. The normalized spacial score (nSPS) is 16.1. The average molecular weight is 359 g/mol. The van der Waals surface area contributed by atoms with E-state index in [-0.39, 0.29) is 0 Å². The van der Waals surface area contributed by atoms with Crippen LogP contribution < -0.4 is 4.74 Å². The topological polar surface area (TPSA) is 9.23 Å². The van der Waals surface area contributed by atoms with Crippen LogP contribution in [0.15, 0.2) is 54.6 Å². The second kappa shape index (κ2) is 8.17. The lowest BCUT2D eigenvalue weighted by molar-refractivity contribution is 0.415. The molecule has 4 rings (SSSR count). The van der Waals surface area contributed by atoms with Crippen LogP contribution in [0.1, 0.15) is 62.0 Å². The van der Waals surface area contributed by atoms with Gasteiger partial charge in [0.2, 0.25) is 0 Å². The molecular formula is C26H30O. The van der Waals surface area contributed by atoms with Gasteiger partial charge in [0.05, 0.1) is 7.11 Å².